The van der Waals surface area contributed by atoms with Gasteiger partial charge in [0.1, 0.15) is 0 Å². The first-order chi connectivity index (χ1) is 10.6. The Hall–Kier alpha value is -1.88. The van der Waals surface area contributed by atoms with Gasteiger partial charge in [0.2, 0.25) is 5.91 Å². The molecule has 0 radical (unpaired) electrons. The molecule has 5 nitrogen and oxygen atoms in total. The number of aliphatic carboxylic acids is 1. The molecule has 1 saturated heterocycles. The molecular weight excluding hydrogens is 280 g/mol. The van der Waals surface area contributed by atoms with Crippen LogP contribution in [0.2, 0.25) is 0 Å². The van der Waals surface area contributed by atoms with Crippen LogP contribution in [0.4, 0.5) is 0 Å². The van der Waals surface area contributed by atoms with Gasteiger partial charge in [-0.3, -0.25) is 9.59 Å². The van der Waals surface area contributed by atoms with E-state index in [-0.39, 0.29) is 12.3 Å². The summed E-state index contributed by atoms with van der Waals surface area (Å²) in [7, 11) is 0. The molecular formula is C17H24N2O3. The molecule has 1 fully saturated rings. The van der Waals surface area contributed by atoms with Gasteiger partial charge in [0.05, 0.1) is 6.42 Å². The summed E-state index contributed by atoms with van der Waals surface area (Å²) in [5, 5.41) is 8.74. The van der Waals surface area contributed by atoms with E-state index >= 15 is 0 Å². The summed E-state index contributed by atoms with van der Waals surface area (Å²) in [6.07, 6.45) is 2.40. The average Bonchev–Trinajstić information content (AvgIpc) is 2.77. The number of nitrogens with zero attached hydrogens (tertiary/aromatic N) is 2. The molecule has 5 heteroatoms. The Kier molecular flexibility index (Phi) is 6.40. The van der Waals surface area contributed by atoms with Gasteiger partial charge < -0.3 is 14.9 Å². The monoisotopic (exact) mass is 304 g/mol. The van der Waals surface area contributed by atoms with Crippen LogP contribution in [0, 0.1) is 0 Å². The van der Waals surface area contributed by atoms with Crippen molar-refractivity contribution < 1.29 is 14.7 Å². The van der Waals surface area contributed by atoms with Crippen molar-refractivity contribution >= 4 is 11.9 Å². The van der Waals surface area contributed by atoms with E-state index in [1.165, 1.54) is 5.56 Å². The van der Waals surface area contributed by atoms with Crippen molar-refractivity contribution in [3.63, 3.8) is 0 Å². The highest BCUT2D eigenvalue weighted by atomic mass is 16.4. The highest BCUT2D eigenvalue weighted by molar-refractivity contribution is 5.76. The number of carbonyl (C=O) groups is 2. The number of hydrogen-bond donors (Lipinski definition) is 1. The van der Waals surface area contributed by atoms with Gasteiger partial charge in [-0.1, -0.05) is 30.3 Å². The van der Waals surface area contributed by atoms with Gasteiger partial charge in [0.25, 0.3) is 0 Å². The van der Waals surface area contributed by atoms with E-state index < -0.39 is 5.97 Å². The van der Waals surface area contributed by atoms with E-state index in [9.17, 15) is 9.59 Å². The number of hydrogen-bond acceptors (Lipinski definition) is 3. The summed E-state index contributed by atoms with van der Waals surface area (Å²) in [5.74, 6) is -0.566. The van der Waals surface area contributed by atoms with Crippen molar-refractivity contribution in [2.75, 3.05) is 32.7 Å². The Morgan fingerprint density at radius 1 is 1.00 bits per heavy atom. The molecule has 1 aromatic carbocycles. The molecule has 0 atom stereocenters. The van der Waals surface area contributed by atoms with Crippen molar-refractivity contribution in [1.29, 1.82) is 0 Å². The molecule has 0 bridgehead atoms. The lowest BCUT2D eigenvalue weighted by molar-refractivity contribution is -0.137. The lowest BCUT2D eigenvalue weighted by Crippen LogP contribution is -2.35. The fraction of sp³-hybridized carbons (Fsp3) is 0.529. The van der Waals surface area contributed by atoms with E-state index in [4.69, 9.17) is 5.11 Å². The maximum absolute atomic E-state index is 12.3. The van der Waals surface area contributed by atoms with Gasteiger partial charge >= 0.3 is 5.97 Å². The van der Waals surface area contributed by atoms with Crippen LogP contribution in [0.15, 0.2) is 30.3 Å². The van der Waals surface area contributed by atoms with Crippen LogP contribution in [0.3, 0.4) is 0 Å². The Balaban J connectivity index is 1.75. The van der Waals surface area contributed by atoms with Crippen molar-refractivity contribution in [3.8, 4) is 0 Å². The van der Waals surface area contributed by atoms with Crippen molar-refractivity contribution in [3.05, 3.63) is 35.9 Å². The van der Waals surface area contributed by atoms with Gasteiger partial charge in [-0.15, -0.1) is 0 Å². The molecule has 120 valence electrons. The summed E-state index contributed by atoms with van der Waals surface area (Å²) in [5.41, 5.74) is 1.19. The van der Waals surface area contributed by atoms with E-state index in [2.05, 4.69) is 4.90 Å². The first-order valence-electron chi connectivity index (χ1n) is 7.91. The topological polar surface area (TPSA) is 60.9 Å². The number of carbonyl (C=O) groups excluding carboxylic acids is 1. The smallest absolute Gasteiger partial charge is 0.304 e. The minimum absolute atomic E-state index is 0.169. The van der Waals surface area contributed by atoms with Crippen molar-refractivity contribution in [2.24, 2.45) is 0 Å². The van der Waals surface area contributed by atoms with Crippen LogP contribution in [-0.4, -0.2) is 59.5 Å². The number of carboxylic acids is 1. The maximum atomic E-state index is 12.3. The first-order valence-corrected chi connectivity index (χ1v) is 7.91. The van der Waals surface area contributed by atoms with E-state index in [1.807, 2.05) is 35.2 Å². The SMILES string of the molecule is O=C(O)CCN1CCCN(C(=O)CCc2ccccc2)CC1. The molecule has 2 rings (SSSR count). The zero-order chi connectivity index (χ0) is 15.8. The summed E-state index contributed by atoms with van der Waals surface area (Å²) < 4.78 is 0. The quantitative estimate of drug-likeness (QED) is 0.868. The van der Waals surface area contributed by atoms with Gasteiger partial charge in [0, 0.05) is 32.6 Å². The second kappa shape index (κ2) is 8.54. The van der Waals surface area contributed by atoms with Gasteiger partial charge in [0.15, 0.2) is 0 Å². The molecule has 0 aromatic heterocycles. The zero-order valence-corrected chi connectivity index (χ0v) is 12.9. The predicted molar refractivity (Wildman–Crippen MR) is 84.7 cm³/mol. The summed E-state index contributed by atoms with van der Waals surface area (Å²) >= 11 is 0. The van der Waals surface area contributed by atoms with Crippen molar-refractivity contribution in [2.45, 2.75) is 25.7 Å². The zero-order valence-electron chi connectivity index (χ0n) is 12.9. The third-order valence-corrected chi connectivity index (χ3v) is 4.05. The average molecular weight is 304 g/mol. The minimum Gasteiger partial charge on any atom is -0.481 e. The molecule has 0 saturated carbocycles. The Labute approximate surface area is 131 Å². The molecule has 1 amide bonds. The second-order valence-corrected chi connectivity index (χ2v) is 5.71. The molecule has 22 heavy (non-hydrogen) atoms. The fourth-order valence-electron chi connectivity index (χ4n) is 2.75. The normalized spacial score (nSPS) is 16.3. The molecule has 1 heterocycles. The predicted octanol–water partition coefficient (Wildman–Crippen LogP) is 1.63. The lowest BCUT2D eigenvalue weighted by Gasteiger charge is -2.21. The van der Waals surface area contributed by atoms with Crippen LogP contribution in [0.5, 0.6) is 0 Å². The highest BCUT2D eigenvalue weighted by Gasteiger charge is 2.19. The Morgan fingerprint density at radius 3 is 2.50 bits per heavy atom. The van der Waals surface area contributed by atoms with E-state index in [0.717, 1.165) is 32.5 Å². The van der Waals surface area contributed by atoms with Gasteiger partial charge in [-0.2, -0.15) is 0 Å². The number of rotatable bonds is 6. The van der Waals surface area contributed by atoms with E-state index in [0.29, 0.717) is 19.5 Å². The lowest BCUT2D eigenvalue weighted by atomic mass is 10.1. The summed E-state index contributed by atoms with van der Waals surface area (Å²) in [6.45, 7) is 3.69. The summed E-state index contributed by atoms with van der Waals surface area (Å²) in [6, 6.07) is 10.1. The largest absolute Gasteiger partial charge is 0.481 e. The van der Waals surface area contributed by atoms with Crippen LogP contribution in [-0.2, 0) is 16.0 Å². The second-order valence-electron chi connectivity index (χ2n) is 5.71. The summed E-state index contributed by atoms with van der Waals surface area (Å²) in [4.78, 5) is 27.0. The minimum atomic E-state index is -0.764. The Bertz CT molecular complexity index is 490. The molecule has 0 aliphatic carbocycles. The van der Waals surface area contributed by atoms with Gasteiger partial charge in [-0.25, -0.2) is 0 Å². The third kappa shape index (κ3) is 5.48. The van der Waals surface area contributed by atoms with Crippen LogP contribution in [0.1, 0.15) is 24.8 Å². The molecule has 1 aliphatic heterocycles. The van der Waals surface area contributed by atoms with Gasteiger partial charge in [-0.05, 0) is 24.9 Å². The number of aryl methyl sites for hydroxylation is 1. The first kappa shape index (κ1) is 16.5. The van der Waals surface area contributed by atoms with Crippen LogP contribution >= 0.6 is 0 Å². The standard InChI is InChI=1S/C17H24N2O3/c20-16(8-7-15-5-2-1-3-6-15)19-11-4-10-18(13-14-19)12-9-17(21)22/h1-3,5-6H,4,7-14H2,(H,21,22). The third-order valence-electron chi connectivity index (χ3n) is 4.05. The molecule has 0 unspecified atom stereocenters. The molecule has 1 N–H and O–H groups in total. The number of amides is 1. The van der Waals surface area contributed by atoms with E-state index in [1.54, 1.807) is 0 Å². The van der Waals surface area contributed by atoms with Crippen LogP contribution < -0.4 is 0 Å². The molecule has 1 aromatic rings. The maximum Gasteiger partial charge on any atom is 0.304 e. The molecule has 1 aliphatic rings. The Morgan fingerprint density at radius 2 is 1.77 bits per heavy atom. The number of carboxylic acid groups (broad SMARTS) is 1. The molecule has 0 spiro atoms. The van der Waals surface area contributed by atoms with Crippen LogP contribution in [0.25, 0.3) is 0 Å². The fourth-order valence-corrected chi connectivity index (χ4v) is 2.75. The number of benzene rings is 1. The van der Waals surface area contributed by atoms with Crippen molar-refractivity contribution in [1.82, 2.24) is 9.80 Å². The highest BCUT2D eigenvalue weighted by Crippen LogP contribution is 2.08.